The molecular formula is C18H30ClNO. The average Bonchev–Trinajstić information content (AvgIpc) is 2.50. The molecule has 0 aliphatic rings. The zero-order chi connectivity index (χ0) is 15.5. The quantitative estimate of drug-likeness (QED) is 0.578. The molecule has 0 saturated heterocycles. The summed E-state index contributed by atoms with van der Waals surface area (Å²) in [6.07, 6.45) is 6.68. The molecule has 2 nitrogen and oxygen atoms in total. The van der Waals surface area contributed by atoms with E-state index in [0.717, 1.165) is 36.6 Å². The highest BCUT2D eigenvalue weighted by molar-refractivity contribution is 6.30. The summed E-state index contributed by atoms with van der Waals surface area (Å²) in [5.74, 6) is 0. The van der Waals surface area contributed by atoms with Crippen molar-refractivity contribution >= 4 is 11.6 Å². The minimum atomic E-state index is -0.391. The summed E-state index contributed by atoms with van der Waals surface area (Å²) in [6.45, 7) is 7.73. The first-order chi connectivity index (χ1) is 10.2. The second-order valence-corrected chi connectivity index (χ2v) is 6.19. The fraction of sp³-hybridized carbons (Fsp3) is 0.667. The van der Waals surface area contributed by atoms with Crippen LogP contribution in [0.5, 0.6) is 0 Å². The number of aliphatic hydroxyl groups is 1. The maximum Gasteiger partial charge on any atom is 0.0802 e. The highest BCUT2D eigenvalue weighted by Crippen LogP contribution is 2.19. The van der Waals surface area contributed by atoms with E-state index in [1.807, 2.05) is 24.3 Å². The largest absolute Gasteiger partial charge is 0.388 e. The molecule has 1 atom stereocenters. The lowest BCUT2D eigenvalue weighted by molar-refractivity contribution is 0.140. The van der Waals surface area contributed by atoms with Gasteiger partial charge in [0.2, 0.25) is 0 Å². The van der Waals surface area contributed by atoms with Gasteiger partial charge < -0.3 is 10.0 Å². The summed E-state index contributed by atoms with van der Waals surface area (Å²) in [4.78, 5) is 2.50. The molecule has 0 amide bonds. The first-order valence-corrected chi connectivity index (χ1v) is 8.71. The normalized spacial score (nSPS) is 12.8. The molecule has 0 aliphatic carbocycles. The molecule has 0 radical (unpaired) electrons. The number of benzene rings is 1. The Bertz CT molecular complexity index is 366. The van der Waals surface area contributed by atoms with Crippen molar-refractivity contribution in [2.75, 3.05) is 19.6 Å². The Morgan fingerprint density at radius 3 is 2.19 bits per heavy atom. The monoisotopic (exact) mass is 311 g/mol. The molecule has 1 N–H and O–H groups in total. The van der Waals surface area contributed by atoms with E-state index in [1.54, 1.807) is 0 Å². The predicted molar refractivity (Wildman–Crippen MR) is 91.9 cm³/mol. The Balaban J connectivity index is 2.40. The van der Waals surface area contributed by atoms with Crippen molar-refractivity contribution in [1.82, 2.24) is 4.90 Å². The van der Waals surface area contributed by atoms with Crippen LogP contribution in [0, 0.1) is 0 Å². The third-order valence-corrected chi connectivity index (χ3v) is 4.13. The van der Waals surface area contributed by atoms with Gasteiger partial charge in [-0.1, -0.05) is 56.8 Å². The molecule has 0 saturated carbocycles. The second kappa shape index (κ2) is 11.1. The number of hydrogen-bond donors (Lipinski definition) is 1. The summed E-state index contributed by atoms with van der Waals surface area (Å²) < 4.78 is 0. The number of halogens is 1. The van der Waals surface area contributed by atoms with Crippen molar-refractivity contribution in [2.45, 2.75) is 58.5 Å². The van der Waals surface area contributed by atoms with Crippen molar-refractivity contribution < 1.29 is 5.11 Å². The molecule has 0 aliphatic heterocycles. The fourth-order valence-electron chi connectivity index (χ4n) is 2.46. The molecule has 120 valence electrons. The van der Waals surface area contributed by atoms with Gasteiger partial charge in [-0.05, 0) is 50.0 Å². The van der Waals surface area contributed by atoms with Crippen LogP contribution in [0.1, 0.15) is 64.0 Å². The van der Waals surface area contributed by atoms with Crippen LogP contribution in [0.3, 0.4) is 0 Å². The lowest BCUT2D eigenvalue weighted by Gasteiger charge is -2.23. The van der Waals surface area contributed by atoms with E-state index in [-0.39, 0.29) is 0 Å². The van der Waals surface area contributed by atoms with Crippen LogP contribution >= 0.6 is 11.6 Å². The predicted octanol–water partition coefficient (Wildman–Crippen LogP) is 5.06. The highest BCUT2D eigenvalue weighted by Gasteiger charge is 2.11. The highest BCUT2D eigenvalue weighted by atomic mass is 35.5. The first kappa shape index (κ1) is 18.5. The molecule has 0 spiro atoms. The number of nitrogens with zero attached hydrogens (tertiary/aromatic N) is 1. The third kappa shape index (κ3) is 7.85. The zero-order valence-electron chi connectivity index (χ0n) is 13.5. The molecule has 1 rings (SSSR count). The van der Waals surface area contributed by atoms with Crippen LogP contribution in [0.15, 0.2) is 24.3 Å². The van der Waals surface area contributed by atoms with Crippen LogP contribution in [-0.4, -0.2) is 29.6 Å². The number of rotatable bonds is 11. The van der Waals surface area contributed by atoms with Gasteiger partial charge in [0.1, 0.15) is 0 Å². The first-order valence-electron chi connectivity index (χ1n) is 8.33. The van der Waals surface area contributed by atoms with Crippen LogP contribution < -0.4 is 0 Å². The fourth-order valence-corrected chi connectivity index (χ4v) is 2.58. The molecule has 1 unspecified atom stereocenters. The minimum Gasteiger partial charge on any atom is -0.388 e. The van der Waals surface area contributed by atoms with Gasteiger partial charge in [-0.2, -0.15) is 0 Å². The maximum atomic E-state index is 10.3. The van der Waals surface area contributed by atoms with Gasteiger partial charge in [0.25, 0.3) is 0 Å². The van der Waals surface area contributed by atoms with Gasteiger partial charge in [-0.15, -0.1) is 0 Å². The van der Waals surface area contributed by atoms with Crippen molar-refractivity contribution in [3.05, 3.63) is 34.9 Å². The molecule has 1 aromatic carbocycles. The molecule has 0 aromatic heterocycles. The number of unbranched alkanes of at least 4 members (excludes halogenated alkanes) is 3. The lowest BCUT2D eigenvalue weighted by Crippen LogP contribution is -2.28. The van der Waals surface area contributed by atoms with Gasteiger partial charge >= 0.3 is 0 Å². The molecule has 0 bridgehead atoms. The maximum absolute atomic E-state index is 10.3. The molecule has 1 aromatic rings. The summed E-state index contributed by atoms with van der Waals surface area (Å²) in [5, 5.41) is 11.0. The van der Waals surface area contributed by atoms with Crippen molar-refractivity contribution in [3.63, 3.8) is 0 Å². The average molecular weight is 312 g/mol. The second-order valence-electron chi connectivity index (χ2n) is 5.76. The van der Waals surface area contributed by atoms with Crippen molar-refractivity contribution in [3.8, 4) is 0 Å². The van der Waals surface area contributed by atoms with E-state index in [9.17, 15) is 5.11 Å². The van der Waals surface area contributed by atoms with E-state index in [2.05, 4.69) is 18.7 Å². The lowest BCUT2D eigenvalue weighted by atomic mass is 10.1. The summed E-state index contributed by atoms with van der Waals surface area (Å²) in [6, 6.07) is 7.52. The Morgan fingerprint density at radius 2 is 1.57 bits per heavy atom. The minimum absolute atomic E-state index is 0.391. The number of hydrogen-bond acceptors (Lipinski definition) is 2. The molecule has 0 fully saturated rings. The van der Waals surface area contributed by atoms with Crippen LogP contribution in [-0.2, 0) is 0 Å². The van der Waals surface area contributed by atoms with Gasteiger partial charge in [0, 0.05) is 11.6 Å². The van der Waals surface area contributed by atoms with E-state index >= 15 is 0 Å². The summed E-state index contributed by atoms with van der Waals surface area (Å²) in [7, 11) is 0. The smallest absolute Gasteiger partial charge is 0.0802 e. The van der Waals surface area contributed by atoms with Gasteiger partial charge in [-0.3, -0.25) is 0 Å². The Labute approximate surface area is 135 Å². The Hall–Kier alpha value is -0.570. The molecule has 3 heteroatoms. The van der Waals surface area contributed by atoms with Gasteiger partial charge in [-0.25, -0.2) is 0 Å². The van der Waals surface area contributed by atoms with E-state index in [0.29, 0.717) is 0 Å². The van der Waals surface area contributed by atoms with Crippen LogP contribution in [0.25, 0.3) is 0 Å². The standard InChI is InChI=1S/C18H30ClNO/c1-3-5-7-14-20(13-6-4-2)15-12-18(21)16-8-10-17(19)11-9-16/h8-11,18,21H,3-7,12-15H2,1-2H3. The zero-order valence-corrected chi connectivity index (χ0v) is 14.3. The van der Waals surface area contributed by atoms with E-state index in [4.69, 9.17) is 11.6 Å². The molecular weight excluding hydrogens is 282 g/mol. The topological polar surface area (TPSA) is 23.5 Å². The third-order valence-electron chi connectivity index (χ3n) is 3.88. The van der Waals surface area contributed by atoms with Crippen molar-refractivity contribution in [1.29, 1.82) is 0 Å². The van der Waals surface area contributed by atoms with Crippen LogP contribution in [0.2, 0.25) is 5.02 Å². The SMILES string of the molecule is CCCCCN(CCCC)CCC(O)c1ccc(Cl)cc1. The van der Waals surface area contributed by atoms with Crippen LogP contribution in [0.4, 0.5) is 0 Å². The van der Waals surface area contributed by atoms with E-state index in [1.165, 1.54) is 32.1 Å². The van der Waals surface area contributed by atoms with Gasteiger partial charge in [0.05, 0.1) is 6.10 Å². The molecule has 21 heavy (non-hydrogen) atoms. The van der Waals surface area contributed by atoms with Crippen molar-refractivity contribution in [2.24, 2.45) is 0 Å². The summed E-state index contributed by atoms with van der Waals surface area (Å²) >= 11 is 5.88. The Morgan fingerprint density at radius 1 is 0.952 bits per heavy atom. The van der Waals surface area contributed by atoms with E-state index < -0.39 is 6.10 Å². The molecule has 0 heterocycles. The summed E-state index contributed by atoms with van der Waals surface area (Å²) in [5.41, 5.74) is 0.961. The number of aliphatic hydroxyl groups excluding tert-OH is 1. The Kier molecular flexibility index (Phi) is 9.73. The van der Waals surface area contributed by atoms with Gasteiger partial charge in [0.15, 0.2) is 0 Å².